The van der Waals surface area contributed by atoms with Crippen molar-refractivity contribution in [2.45, 2.75) is 13.0 Å². The lowest BCUT2D eigenvalue weighted by atomic mass is 10.3. The highest BCUT2D eigenvalue weighted by Gasteiger charge is 2.10. The standard InChI is InChI=1S/C19H19N5O2/c1-14(26-17-8-5-9-20-13-17)10-21-18(25)15-11-22-19(23-12-15)24-16-6-3-2-4-7-16/h2-9,11-14H,10H2,1H3,(H,21,25)(H,22,23,24)/t14-/m0/s1. The van der Waals surface area contributed by atoms with Crippen molar-refractivity contribution in [2.75, 3.05) is 11.9 Å². The number of nitrogens with zero attached hydrogens (tertiary/aromatic N) is 3. The SMILES string of the molecule is C[C@@H](CNC(=O)c1cnc(Nc2ccccc2)nc1)Oc1cccnc1. The number of benzene rings is 1. The minimum Gasteiger partial charge on any atom is -0.487 e. The Labute approximate surface area is 151 Å². The van der Waals surface area contributed by atoms with Gasteiger partial charge >= 0.3 is 0 Å². The van der Waals surface area contributed by atoms with Crippen molar-refractivity contribution in [3.8, 4) is 5.75 Å². The van der Waals surface area contributed by atoms with E-state index >= 15 is 0 Å². The number of aromatic nitrogens is 3. The summed E-state index contributed by atoms with van der Waals surface area (Å²) in [4.78, 5) is 24.5. The van der Waals surface area contributed by atoms with E-state index in [2.05, 4.69) is 25.6 Å². The summed E-state index contributed by atoms with van der Waals surface area (Å²) >= 11 is 0. The fourth-order valence-corrected chi connectivity index (χ4v) is 2.19. The van der Waals surface area contributed by atoms with Gasteiger partial charge in [-0.15, -0.1) is 0 Å². The first-order valence-corrected chi connectivity index (χ1v) is 8.20. The highest BCUT2D eigenvalue weighted by molar-refractivity contribution is 5.93. The van der Waals surface area contributed by atoms with E-state index < -0.39 is 0 Å². The number of pyridine rings is 1. The van der Waals surface area contributed by atoms with Crippen LogP contribution in [0, 0.1) is 0 Å². The molecule has 0 radical (unpaired) electrons. The second kappa shape index (κ2) is 8.57. The van der Waals surface area contributed by atoms with Crippen molar-refractivity contribution in [3.63, 3.8) is 0 Å². The number of nitrogens with one attached hydrogen (secondary N) is 2. The van der Waals surface area contributed by atoms with E-state index in [1.807, 2.05) is 43.3 Å². The second-order valence-electron chi connectivity index (χ2n) is 5.61. The van der Waals surface area contributed by atoms with Gasteiger partial charge in [0, 0.05) is 24.3 Å². The number of hydrogen-bond donors (Lipinski definition) is 2. The van der Waals surface area contributed by atoms with E-state index in [1.165, 1.54) is 12.4 Å². The summed E-state index contributed by atoms with van der Waals surface area (Å²) in [6, 6.07) is 13.2. The Hall–Kier alpha value is -3.48. The normalized spacial score (nSPS) is 11.4. The van der Waals surface area contributed by atoms with Crippen molar-refractivity contribution >= 4 is 17.5 Å². The van der Waals surface area contributed by atoms with Gasteiger partial charge in [-0.2, -0.15) is 0 Å². The summed E-state index contributed by atoms with van der Waals surface area (Å²) in [5, 5.41) is 5.87. The minimum atomic E-state index is -0.252. The first-order chi connectivity index (χ1) is 12.7. The first kappa shape index (κ1) is 17.3. The van der Waals surface area contributed by atoms with Crippen LogP contribution in [0.3, 0.4) is 0 Å². The molecular weight excluding hydrogens is 330 g/mol. The number of carbonyl (C=O) groups excluding carboxylic acids is 1. The zero-order valence-electron chi connectivity index (χ0n) is 14.3. The lowest BCUT2D eigenvalue weighted by Crippen LogP contribution is -2.33. The number of anilines is 2. The molecule has 2 N–H and O–H groups in total. The molecule has 0 spiro atoms. The smallest absolute Gasteiger partial charge is 0.254 e. The second-order valence-corrected chi connectivity index (χ2v) is 5.61. The van der Waals surface area contributed by atoms with Gasteiger partial charge in [-0.3, -0.25) is 9.78 Å². The van der Waals surface area contributed by atoms with Crippen LogP contribution in [0.5, 0.6) is 5.75 Å². The molecule has 3 aromatic rings. The topological polar surface area (TPSA) is 89.0 Å². The fraction of sp³-hybridized carbons (Fsp3) is 0.158. The molecule has 0 aliphatic carbocycles. The van der Waals surface area contributed by atoms with Gasteiger partial charge in [0.2, 0.25) is 5.95 Å². The molecule has 1 atom stereocenters. The Balaban J connectivity index is 1.50. The molecule has 132 valence electrons. The minimum absolute atomic E-state index is 0.192. The molecule has 1 amide bonds. The largest absolute Gasteiger partial charge is 0.487 e. The van der Waals surface area contributed by atoms with Crippen molar-refractivity contribution in [1.82, 2.24) is 20.3 Å². The predicted molar refractivity (Wildman–Crippen MR) is 98.4 cm³/mol. The Morgan fingerprint density at radius 3 is 2.54 bits per heavy atom. The van der Waals surface area contributed by atoms with Gasteiger partial charge in [0.25, 0.3) is 5.91 Å². The summed E-state index contributed by atoms with van der Waals surface area (Å²) in [5.41, 5.74) is 1.27. The molecule has 3 rings (SSSR count). The molecule has 0 fully saturated rings. The third-order valence-corrected chi connectivity index (χ3v) is 3.47. The zero-order chi connectivity index (χ0) is 18.2. The van der Waals surface area contributed by atoms with E-state index in [-0.39, 0.29) is 12.0 Å². The molecule has 0 saturated heterocycles. The monoisotopic (exact) mass is 349 g/mol. The highest BCUT2D eigenvalue weighted by atomic mass is 16.5. The predicted octanol–water partition coefficient (Wildman–Crippen LogP) is 2.81. The average molecular weight is 349 g/mol. The summed E-state index contributed by atoms with van der Waals surface area (Å²) in [7, 11) is 0. The van der Waals surface area contributed by atoms with Gasteiger partial charge < -0.3 is 15.4 Å². The van der Waals surface area contributed by atoms with Gasteiger partial charge in [0.15, 0.2) is 0 Å². The quantitative estimate of drug-likeness (QED) is 0.682. The van der Waals surface area contributed by atoms with Crippen molar-refractivity contribution in [1.29, 1.82) is 0 Å². The Bertz CT molecular complexity index is 826. The van der Waals surface area contributed by atoms with Crippen molar-refractivity contribution < 1.29 is 9.53 Å². The molecule has 7 heteroatoms. The molecule has 2 heterocycles. The van der Waals surface area contributed by atoms with Crippen LogP contribution in [0.25, 0.3) is 0 Å². The number of hydrogen-bond acceptors (Lipinski definition) is 6. The molecule has 0 aliphatic rings. The summed E-state index contributed by atoms with van der Waals surface area (Å²) < 4.78 is 5.67. The van der Waals surface area contributed by atoms with E-state index in [0.29, 0.717) is 23.8 Å². The van der Waals surface area contributed by atoms with Crippen LogP contribution in [-0.2, 0) is 0 Å². The van der Waals surface area contributed by atoms with E-state index in [1.54, 1.807) is 18.5 Å². The first-order valence-electron chi connectivity index (χ1n) is 8.20. The molecular formula is C19H19N5O2. The summed E-state index contributed by atoms with van der Waals surface area (Å²) in [6.45, 7) is 2.23. The lowest BCUT2D eigenvalue weighted by Gasteiger charge is -2.15. The van der Waals surface area contributed by atoms with Crippen LogP contribution in [0.15, 0.2) is 67.3 Å². The molecule has 26 heavy (non-hydrogen) atoms. The maximum absolute atomic E-state index is 12.2. The molecule has 1 aromatic carbocycles. The van der Waals surface area contributed by atoms with Crippen LogP contribution in [-0.4, -0.2) is 33.5 Å². The van der Waals surface area contributed by atoms with Gasteiger partial charge in [-0.05, 0) is 31.2 Å². The van der Waals surface area contributed by atoms with Crippen molar-refractivity contribution in [2.24, 2.45) is 0 Å². The van der Waals surface area contributed by atoms with Crippen LogP contribution in [0.1, 0.15) is 17.3 Å². The average Bonchev–Trinajstić information content (AvgIpc) is 2.68. The fourth-order valence-electron chi connectivity index (χ4n) is 2.19. The van der Waals surface area contributed by atoms with Crippen LogP contribution >= 0.6 is 0 Å². The number of ether oxygens (including phenoxy) is 1. The molecule has 0 saturated carbocycles. The third kappa shape index (κ3) is 5.01. The van der Waals surface area contributed by atoms with Gasteiger partial charge in [0.05, 0.1) is 18.3 Å². The molecule has 7 nitrogen and oxygen atoms in total. The number of carbonyl (C=O) groups is 1. The van der Waals surface area contributed by atoms with Crippen LogP contribution in [0.2, 0.25) is 0 Å². The molecule has 0 unspecified atom stereocenters. The maximum atomic E-state index is 12.2. The van der Waals surface area contributed by atoms with E-state index in [0.717, 1.165) is 5.69 Å². The van der Waals surface area contributed by atoms with Crippen molar-refractivity contribution in [3.05, 3.63) is 72.8 Å². The van der Waals surface area contributed by atoms with Gasteiger partial charge in [0.1, 0.15) is 11.9 Å². The number of para-hydroxylation sites is 1. The highest BCUT2D eigenvalue weighted by Crippen LogP contribution is 2.11. The third-order valence-electron chi connectivity index (χ3n) is 3.47. The summed E-state index contributed by atoms with van der Waals surface area (Å²) in [5.74, 6) is 0.841. The molecule has 0 aliphatic heterocycles. The molecule has 2 aromatic heterocycles. The zero-order valence-corrected chi connectivity index (χ0v) is 14.3. The van der Waals surface area contributed by atoms with Crippen LogP contribution in [0.4, 0.5) is 11.6 Å². The number of amides is 1. The van der Waals surface area contributed by atoms with Crippen LogP contribution < -0.4 is 15.4 Å². The van der Waals surface area contributed by atoms with E-state index in [4.69, 9.17) is 4.74 Å². The number of rotatable bonds is 7. The Kier molecular flexibility index (Phi) is 5.72. The molecule has 0 bridgehead atoms. The Morgan fingerprint density at radius 1 is 1.08 bits per heavy atom. The Morgan fingerprint density at radius 2 is 1.85 bits per heavy atom. The van der Waals surface area contributed by atoms with Gasteiger partial charge in [-0.25, -0.2) is 9.97 Å². The van der Waals surface area contributed by atoms with Gasteiger partial charge in [-0.1, -0.05) is 18.2 Å². The lowest BCUT2D eigenvalue weighted by molar-refractivity contribution is 0.0931. The maximum Gasteiger partial charge on any atom is 0.254 e. The van der Waals surface area contributed by atoms with E-state index in [9.17, 15) is 4.79 Å². The summed E-state index contributed by atoms with van der Waals surface area (Å²) in [6.07, 6.45) is 6.09.